The number of rotatable bonds is 4. The van der Waals surface area contributed by atoms with Gasteiger partial charge in [0.05, 0.1) is 5.02 Å². The molecule has 6 heteroatoms. The highest BCUT2D eigenvalue weighted by Gasteiger charge is 2.22. The third kappa shape index (κ3) is 5.03. The van der Waals surface area contributed by atoms with E-state index in [1.54, 1.807) is 24.4 Å². The zero-order valence-corrected chi connectivity index (χ0v) is 14.3. The Kier molecular flexibility index (Phi) is 5.66. The molecule has 4 nitrogen and oxygen atoms in total. The minimum Gasteiger partial charge on any atom is -0.459 e. The van der Waals surface area contributed by atoms with E-state index in [0.717, 1.165) is 37.3 Å². The van der Waals surface area contributed by atoms with Crippen molar-refractivity contribution in [1.82, 2.24) is 4.98 Å². The largest absolute Gasteiger partial charge is 0.459 e. The average Bonchev–Trinajstić information content (AvgIpc) is 2.63. The predicted octanol–water partition coefficient (Wildman–Crippen LogP) is 4.10. The van der Waals surface area contributed by atoms with Crippen molar-refractivity contribution in [2.45, 2.75) is 18.9 Å². The second-order valence-electron chi connectivity index (χ2n) is 5.84. The Balaban J connectivity index is 1.47. The van der Waals surface area contributed by atoms with Crippen LogP contribution in [0.5, 0.6) is 0 Å². The molecule has 0 unspecified atom stereocenters. The molecule has 1 aromatic heterocycles. The van der Waals surface area contributed by atoms with Crippen molar-refractivity contribution in [3.63, 3.8) is 0 Å². The number of anilines is 1. The highest BCUT2D eigenvalue weighted by Crippen LogP contribution is 2.21. The number of carbonyl (C=O) groups excluding carboxylic acids is 1. The van der Waals surface area contributed by atoms with Gasteiger partial charge >= 0.3 is 5.97 Å². The van der Waals surface area contributed by atoms with E-state index in [0.29, 0.717) is 5.02 Å². The molecule has 0 bridgehead atoms. The van der Waals surface area contributed by atoms with Crippen LogP contribution in [0.25, 0.3) is 6.08 Å². The Morgan fingerprint density at radius 3 is 2.56 bits per heavy atom. The number of esters is 1. The molecule has 2 aromatic rings. The second-order valence-corrected chi connectivity index (χ2v) is 6.28. The molecule has 1 aromatic carbocycles. The molecule has 3 rings (SSSR count). The van der Waals surface area contributed by atoms with Gasteiger partial charge in [-0.25, -0.2) is 14.2 Å². The summed E-state index contributed by atoms with van der Waals surface area (Å²) in [7, 11) is 0. The lowest BCUT2D eigenvalue weighted by Crippen LogP contribution is -2.38. The van der Waals surface area contributed by atoms with Crippen molar-refractivity contribution in [1.29, 1.82) is 0 Å². The zero-order valence-electron chi connectivity index (χ0n) is 13.6. The summed E-state index contributed by atoms with van der Waals surface area (Å²) in [5, 5.41) is 0.612. The van der Waals surface area contributed by atoms with Gasteiger partial charge in [0.2, 0.25) is 0 Å². The minimum absolute atomic E-state index is 0.103. The number of carbonyl (C=O) groups is 1. The number of hydrogen-bond donors (Lipinski definition) is 0. The van der Waals surface area contributed by atoms with Gasteiger partial charge in [-0.15, -0.1) is 0 Å². The Labute approximate surface area is 150 Å². The molecule has 0 aliphatic carbocycles. The predicted molar refractivity (Wildman–Crippen MR) is 96.0 cm³/mol. The van der Waals surface area contributed by atoms with Gasteiger partial charge in [-0.05, 0) is 35.9 Å². The maximum Gasteiger partial charge on any atom is 0.331 e. The fraction of sp³-hybridized carbons (Fsp3) is 0.263. The number of piperidine rings is 1. The number of hydrogen-bond acceptors (Lipinski definition) is 4. The number of nitrogens with zero attached hydrogens (tertiary/aromatic N) is 2. The average molecular weight is 361 g/mol. The number of pyridine rings is 1. The SMILES string of the molecule is O=C(/C=C/c1ccc(F)cc1)OC1CCN(c2ccc(Cl)cn2)CC1. The number of halogens is 2. The van der Waals surface area contributed by atoms with Crippen LogP contribution in [-0.2, 0) is 9.53 Å². The van der Waals surface area contributed by atoms with Crippen LogP contribution in [0.1, 0.15) is 18.4 Å². The van der Waals surface area contributed by atoms with Gasteiger partial charge < -0.3 is 9.64 Å². The monoisotopic (exact) mass is 360 g/mol. The van der Waals surface area contributed by atoms with Gasteiger partial charge in [-0.1, -0.05) is 23.7 Å². The van der Waals surface area contributed by atoms with Gasteiger partial charge in [0.1, 0.15) is 17.7 Å². The summed E-state index contributed by atoms with van der Waals surface area (Å²) >= 11 is 5.85. The van der Waals surface area contributed by atoms with Crippen LogP contribution in [-0.4, -0.2) is 30.1 Å². The molecule has 130 valence electrons. The zero-order chi connectivity index (χ0) is 17.6. The highest BCUT2D eigenvalue weighted by molar-refractivity contribution is 6.30. The lowest BCUT2D eigenvalue weighted by atomic mass is 10.1. The van der Waals surface area contributed by atoms with E-state index >= 15 is 0 Å². The van der Waals surface area contributed by atoms with Crippen LogP contribution in [0.2, 0.25) is 5.02 Å². The van der Waals surface area contributed by atoms with Crippen LogP contribution < -0.4 is 4.90 Å². The molecule has 0 amide bonds. The van der Waals surface area contributed by atoms with Gasteiger partial charge in [0, 0.05) is 38.2 Å². The Morgan fingerprint density at radius 1 is 1.20 bits per heavy atom. The first-order valence-corrected chi connectivity index (χ1v) is 8.49. The van der Waals surface area contributed by atoms with E-state index in [-0.39, 0.29) is 17.9 Å². The molecule has 0 radical (unpaired) electrons. The molecule has 1 aliphatic rings. The molecule has 2 heterocycles. The van der Waals surface area contributed by atoms with E-state index < -0.39 is 0 Å². The molecule has 0 atom stereocenters. The number of ether oxygens (including phenoxy) is 1. The third-order valence-electron chi connectivity index (χ3n) is 4.04. The van der Waals surface area contributed by atoms with Gasteiger partial charge in [-0.2, -0.15) is 0 Å². The molecular weight excluding hydrogens is 343 g/mol. The first kappa shape index (κ1) is 17.4. The second kappa shape index (κ2) is 8.12. The lowest BCUT2D eigenvalue weighted by Gasteiger charge is -2.32. The molecule has 0 N–H and O–H groups in total. The van der Waals surface area contributed by atoms with Crippen LogP contribution in [0, 0.1) is 5.82 Å². The minimum atomic E-state index is -0.382. The Hall–Kier alpha value is -2.40. The molecule has 1 saturated heterocycles. The number of aromatic nitrogens is 1. The van der Waals surface area contributed by atoms with Crippen molar-refractivity contribution in [2.24, 2.45) is 0 Å². The summed E-state index contributed by atoms with van der Waals surface area (Å²) in [5.41, 5.74) is 0.752. The highest BCUT2D eigenvalue weighted by atomic mass is 35.5. The first-order valence-electron chi connectivity index (χ1n) is 8.11. The van der Waals surface area contributed by atoms with E-state index in [1.165, 1.54) is 18.2 Å². The Bertz CT molecular complexity index is 739. The lowest BCUT2D eigenvalue weighted by molar-refractivity contribution is -0.143. The van der Waals surface area contributed by atoms with E-state index in [4.69, 9.17) is 16.3 Å². The van der Waals surface area contributed by atoms with Crippen molar-refractivity contribution in [2.75, 3.05) is 18.0 Å². The number of benzene rings is 1. The van der Waals surface area contributed by atoms with Gasteiger partial charge in [0.15, 0.2) is 0 Å². The van der Waals surface area contributed by atoms with Crippen molar-refractivity contribution < 1.29 is 13.9 Å². The van der Waals surface area contributed by atoms with Crippen molar-refractivity contribution >= 4 is 29.5 Å². The van der Waals surface area contributed by atoms with E-state index in [2.05, 4.69) is 9.88 Å². The molecule has 1 aliphatic heterocycles. The van der Waals surface area contributed by atoms with Crippen LogP contribution in [0.4, 0.5) is 10.2 Å². The van der Waals surface area contributed by atoms with Crippen LogP contribution in [0.15, 0.2) is 48.7 Å². The van der Waals surface area contributed by atoms with Crippen molar-refractivity contribution in [3.05, 3.63) is 65.1 Å². The van der Waals surface area contributed by atoms with Crippen LogP contribution in [0.3, 0.4) is 0 Å². The fourth-order valence-electron chi connectivity index (χ4n) is 2.70. The first-order chi connectivity index (χ1) is 12.1. The third-order valence-corrected chi connectivity index (χ3v) is 4.27. The standard InChI is InChI=1S/C19H18ClFN2O2/c20-15-4-7-18(22-13-15)23-11-9-17(10-12-23)25-19(24)8-3-14-1-5-16(21)6-2-14/h1-8,13,17H,9-12H2/b8-3+. The van der Waals surface area contributed by atoms with Gasteiger partial charge in [0.25, 0.3) is 0 Å². The summed E-state index contributed by atoms with van der Waals surface area (Å²) in [5.74, 6) is 0.194. The van der Waals surface area contributed by atoms with Crippen LogP contribution >= 0.6 is 11.6 Å². The summed E-state index contributed by atoms with van der Waals surface area (Å²) < 4.78 is 18.3. The summed E-state index contributed by atoms with van der Waals surface area (Å²) in [6.07, 6.45) is 6.02. The summed E-state index contributed by atoms with van der Waals surface area (Å²) in [6, 6.07) is 9.63. The Morgan fingerprint density at radius 2 is 1.92 bits per heavy atom. The smallest absolute Gasteiger partial charge is 0.331 e. The maximum atomic E-state index is 12.8. The molecule has 25 heavy (non-hydrogen) atoms. The quantitative estimate of drug-likeness (QED) is 0.608. The molecule has 1 fully saturated rings. The summed E-state index contributed by atoms with van der Waals surface area (Å²) in [4.78, 5) is 18.4. The van der Waals surface area contributed by atoms with E-state index in [9.17, 15) is 9.18 Å². The van der Waals surface area contributed by atoms with Gasteiger partial charge in [-0.3, -0.25) is 0 Å². The topological polar surface area (TPSA) is 42.4 Å². The maximum absolute atomic E-state index is 12.8. The summed E-state index contributed by atoms with van der Waals surface area (Å²) in [6.45, 7) is 1.54. The van der Waals surface area contributed by atoms with E-state index in [1.807, 2.05) is 12.1 Å². The molecule has 0 spiro atoms. The fourth-order valence-corrected chi connectivity index (χ4v) is 2.81. The molecule has 0 saturated carbocycles. The normalized spacial score (nSPS) is 15.5. The van der Waals surface area contributed by atoms with Crippen molar-refractivity contribution in [3.8, 4) is 0 Å². The molecular formula is C19H18ClFN2O2.